The van der Waals surface area contributed by atoms with Gasteiger partial charge in [0.15, 0.2) is 0 Å². The van der Waals surface area contributed by atoms with Crippen LogP contribution in [0, 0.1) is 11.3 Å². The fraction of sp³-hybridized carbons (Fsp3) is 0.0476. The Morgan fingerprint density at radius 1 is 1.10 bits per heavy atom. The maximum atomic E-state index is 12.7. The molecule has 0 aliphatic rings. The third-order valence-corrected chi connectivity index (χ3v) is 6.17. The molecule has 4 aromatic rings. The maximum Gasteiger partial charge on any atom is 0.278 e. The van der Waals surface area contributed by atoms with Crippen molar-refractivity contribution < 1.29 is 8.42 Å². The zero-order valence-electron chi connectivity index (χ0n) is 15.9. The smallest absolute Gasteiger partial charge is 0.278 e. The van der Waals surface area contributed by atoms with E-state index in [-0.39, 0.29) is 4.90 Å². The van der Waals surface area contributed by atoms with E-state index in [0.717, 1.165) is 15.5 Å². The number of pyridine rings is 2. The first kappa shape index (κ1) is 19.3. The van der Waals surface area contributed by atoms with Gasteiger partial charge in [0, 0.05) is 36.8 Å². The van der Waals surface area contributed by atoms with Crippen molar-refractivity contribution in [2.45, 2.75) is 4.90 Å². The van der Waals surface area contributed by atoms with E-state index in [0.29, 0.717) is 16.9 Å². The summed E-state index contributed by atoms with van der Waals surface area (Å²) >= 11 is 0. The molecule has 3 aromatic heterocycles. The van der Waals surface area contributed by atoms with Gasteiger partial charge in [-0.15, -0.1) is 0 Å². The molecule has 3 heterocycles. The highest BCUT2D eigenvalue weighted by Gasteiger charge is 2.19. The number of hydrogen-bond donors (Lipinski definition) is 0. The number of imidazole rings is 1. The van der Waals surface area contributed by atoms with Gasteiger partial charge >= 0.3 is 0 Å². The third kappa shape index (κ3) is 3.64. The average Bonchev–Trinajstić information content (AvgIpc) is 3.20. The standard InChI is InChI=1S/C21H16N6O2S/c1-26(30(28,29)20-7-4-16(11-22)5-8-20)25-14-19-13-24-21-9-6-18(15-27(19)21)17-3-2-10-23-12-17/h2-10,12-15H,1H3/b25-14+. The summed E-state index contributed by atoms with van der Waals surface area (Å²) < 4.78 is 28.1. The Bertz CT molecular complexity index is 1370. The van der Waals surface area contributed by atoms with E-state index in [4.69, 9.17) is 5.26 Å². The molecule has 0 aliphatic carbocycles. The number of hydrazone groups is 1. The number of hydrogen-bond acceptors (Lipinski definition) is 6. The van der Waals surface area contributed by atoms with Crippen LogP contribution in [0.2, 0.25) is 0 Å². The minimum absolute atomic E-state index is 0.0538. The van der Waals surface area contributed by atoms with E-state index in [9.17, 15) is 8.42 Å². The van der Waals surface area contributed by atoms with Crippen molar-refractivity contribution >= 4 is 21.9 Å². The Hall–Kier alpha value is -4.03. The van der Waals surface area contributed by atoms with Crippen LogP contribution in [-0.2, 0) is 10.0 Å². The lowest BCUT2D eigenvalue weighted by atomic mass is 10.1. The highest BCUT2D eigenvalue weighted by molar-refractivity contribution is 7.89. The molecular formula is C21H16N6O2S. The molecule has 9 heteroatoms. The molecule has 0 N–H and O–H groups in total. The second kappa shape index (κ2) is 7.77. The van der Waals surface area contributed by atoms with Gasteiger partial charge in [-0.05, 0) is 42.5 Å². The monoisotopic (exact) mass is 416 g/mol. The fourth-order valence-corrected chi connectivity index (χ4v) is 3.81. The number of rotatable bonds is 5. The third-order valence-electron chi connectivity index (χ3n) is 4.51. The highest BCUT2D eigenvalue weighted by Crippen LogP contribution is 2.20. The molecule has 30 heavy (non-hydrogen) atoms. The second-order valence-electron chi connectivity index (χ2n) is 6.39. The van der Waals surface area contributed by atoms with Gasteiger partial charge in [0.25, 0.3) is 10.0 Å². The zero-order valence-corrected chi connectivity index (χ0v) is 16.7. The van der Waals surface area contributed by atoms with Crippen LogP contribution >= 0.6 is 0 Å². The first-order chi connectivity index (χ1) is 14.5. The summed E-state index contributed by atoms with van der Waals surface area (Å²) in [5, 5.41) is 13.0. The number of nitriles is 1. The number of sulfonamides is 1. The van der Waals surface area contributed by atoms with E-state index >= 15 is 0 Å². The van der Waals surface area contributed by atoms with Gasteiger partial charge in [0.1, 0.15) is 5.65 Å². The van der Waals surface area contributed by atoms with Gasteiger partial charge in [-0.2, -0.15) is 23.2 Å². The molecule has 0 fully saturated rings. The quantitative estimate of drug-likeness (QED) is 0.368. The topological polar surface area (TPSA) is 104 Å². The van der Waals surface area contributed by atoms with Crippen LogP contribution in [0.25, 0.3) is 16.8 Å². The minimum Gasteiger partial charge on any atom is -0.298 e. The van der Waals surface area contributed by atoms with Crippen LogP contribution in [0.4, 0.5) is 0 Å². The summed E-state index contributed by atoms with van der Waals surface area (Å²) in [6.45, 7) is 0. The lowest BCUT2D eigenvalue weighted by Gasteiger charge is -2.13. The molecule has 8 nitrogen and oxygen atoms in total. The van der Waals surface area contributed by atoms with Crippen LogP contribution in [0.1, 0.15) is 11.3 Å². The Labute approximate surface area is 173 Å². The van der Waals surface area contributed by atoms with E-state index < -0.39 is 10.0 Å². The summed E-state index contributed by atoms with van der Waals surface area (Å²) in [4.78, 5) is 8.52. The van der Waals surface area contributed by atoms with Gasteiger partial charge < -0.3 is 0 Å². The predicted octanol–water partition coefficient (Wildman–Crippen LogP) is 2.92. The van der Waals surface area contributed by atoms with Crippen molar-refractivity contribution in [2.24, 2.45) is 5.10 Å². The molecule has 0 atom stereocenters. The summed E-state index contributed by atoms with van der Waals surface area (Å²) in [7, 11) is -2.48. The molecular weight excluding hydrogens is 400 g/mol. The first-order valence-corrected chi connectivity index (χ1v) is 10.3. The summed E-state index contributed by atoms with van der Waals surface area (Å²) in [5.41, 5.74) is 3.62. The Kier molecular flexibility index (Phi) is 5.00. The molecule has 0 saturated carbocycles. The molecule has 1 aromatic carbocycles. The molecule has 148 valence electrons. The van der Waals surface area contributed by atoms with Gasteiger partial charge in [-0.3, -0.25) is 9.38 Å². The lowest BCUT2D eigenvalue weighted by molar-refractivity contribution is 0.491. The van der Waals surface area contributed by atoms with E-state index in [1.807, 2.05) is 40.9 Å². The van der Waals surface area contributed by atoms with Gasteiger partial charge in [0.2, 0.25) is 0 Å². The number of nitrogens with zero attached hydrogens (tertiary/aromatic N) is 6. The second-order valence-corrected chi connectivity index (χ2v) is 8.34. The Balaban J connectivity index is 1.63. The molecule has 0 aliphatic heterocycles. The fourth-order valence-electron chi connectivity index (χ4n) is 2.86. The van der Waals surface area contributed by atoms with Crippen molar-refractivity contribution in [1.82, 2.24) is 18.8 Å². The highest BCUT2D eigenvalue weighted by atomic mass is 32.2. The van der Waals surface area contributed by atoms with Crippen molar-refractivity contribution in [3.05, 3.63) is 84.6 Å². The molecule has 0 unspecified atom stereocenters. The van der Waals surface area contributed by atoms with Crippen LogP contribution in [0.3, 0.4) is 0 Å². The summed E-state index contributed by atoms with van der Waals surface area (Å²) in [6, 6.07) is 15.3. The summed E-state index contributed by atoms with van der Waals surface area (Å²) in [6.07, 6.45) is 8.43. The van der Waals surface area contributed by atoms with E-state index in [2.05, 4.69) is 15.1 Å². The van der Waals surface area contributed by atoms with E-state index in [1.165, 1.54) is 37.5 Å². The molecule has 4 rings (SSSR count). The van der Waals surface area contributed by atoms with Crippen LogP contribution < -0.4 is 0 Å². The Morgan fingerprint density at radius 2 is 1.90 bits per heavy atom. The lowest BCUT2D eigenvalue weighted by Crippen LogP contribution is -2.22. The minimum atomic E-state index is -3.83. The van der Waals surface area contributed by atoms with Gasteiger partial charge in [-0.25, -0.2) is 4.98 Å². The van der Waals surface area contributed by atoms with Crippen LogP contribution in [0.15, 0.2) is 83.3 Å². The van der Waals surface area contributed by atoms with Crippen molar-refractivity contribution in [3.63, 3.8) is 0 Å². The van der Waals surface area contributed by atoms with Crippen molar-refractivity contribution in [3.8, 4) is 17.2 Å². The van der Waals surface area contributed by atoms with Crippen molar-refractivity contribution in [2.75, 3.05) is 7.05 Å². The largest absolute Gasteiger partial charge is 0.298 e. The average molecular weight is 416 g/mol. The molecule has 0 saturated heterocycles. The Morgan fingerprint density at radius 3 is 2.60 bits per heavy atom. The molecule has 0 radical (unpaired) electrons. The van der Waals surface area contributed by atoms with E-state index in [1.54, 1.807) is 18.6 Å². The predicted molar refractivity (Wildman–Crippen MR) is 112 cm³/mol. The molecule has 0 amide bonds. The normalized spacial score (nSPS) is 11.6. The zero-order chi connectivity index (χ0) is 21.1. The number of aromatic nitrogens is 3. The van der Waals surface area contributed by atoms with Gasteiger partial charge in [0.05, 0.1) is 34.6 Å². The van der Waals surface area contributed by atoms with Crippen LogP contribution in [0.5, 0.6) is 0 Å². The van der Waals surface area contributed by atoms with Crippen molar-refractivity contribution in [1.29, 1.82) is 5.26 Å². The van der Waals surface area contributed by atoms with Gasteiger partial charge in [-0.1, -0.05) is 6.07 Å². The summed E-state index contributed by atoms with van der Waals surface area (Å²) in [5.74, 6) is 0. The van der Waals surface area contributed by atoms with Crippen LogP contribution in [-0.4, -0.2) is 40.5 Å². The number of fused-ring (bicyclic) bond motifs is 1. The molecule has 0 spiro atoms. The SMILES string of the molecule is CN(/N=C/c1cnc2ccc(-c3cccnc3)cn12)S(=O)(=O)c1ccc(C#N)cc1. The maximum absolute atomic E-state index is 12.7. The molecule has 0 bridgehead atoms. The number of benzene rings is 1. The first-order valence-electron chi connectivity index (χ1n) is 8.89.